The molecule has 1 heterocycles. The summed E-state index contributed by atoms with van der Waals surface area (Å²) in [6.45, 7) is 6.09. The Labute approximate surface area is 179 Å². The molecule has 5 heteroatoms. The second-order valence-corrected chi connectivity index (χ2v) is 9.30. The fraction of sp³-hybridized carbons (Fsp3) is 0.440. The fourth-order valence-electron chi connectivity index (χ4n) is 3.97. The van der Waals surface area contributed by atoms with Crippen LogP contribution in [0.4, 0.5) is 4.79 Å². The van der Waals surface area contributed by atoms with Gasteiger partial charge < -0.3 is 9.64 Å². The number of nitrogens with zero attached hydrogens (tertiary/aromatic N) is 2. The van der Waals surface area contributed by atoms with E-state index in [1.165, 1.54) is 10.5 Å². The Bertz CT molecular complexity index is 870. The van der Waals surface area contributed by atoms with Gasteiger partial charge in [0.05, 0.1) is 5.92 Å². The van der Waals surface area contributed by atoms with Gasteiger partial charge in [-0.3, -0.25) is 4.79 Å². The van der Waals surface area contributed by atoms with Crippen molar-refractivity contribution < 1.29 is 14.3 Å². The number of imide groups is 1. The minimum absolute atomic E-state index is 0.135. The van der Waals surface area contributed by atoms with Crippen molar-refractivity contribution in [3.63, 3.8) is 0 Å². The van der Waals surface area contributed by atoms with Crippen LogP contribution in [0.1, 0.15) is 32.8 Å². The Morgan fingerprint density at radius 3 is 2.20 bits per heavy atom. The summed E-state index contributed by atoms with van der Waals surface area (Å²) >= 11 is 0. The van der Waals surface area contributed by atoms with Crippen LogP contribution in [-0.4, -0.2) is 54.1 Å². The van der Waals surface area contributed by atoms with Crippen molar-refractivity contribution in [1.82, 2.24) is 9.80 Å². The van der Waals surface area contributed by atoms with E-state index >= 15 is 0 Å². The summed E-state index contributed by atoms with van der Waals surface area (Å²) < 4.78 is 5.54. The molecule has 2 aromatic rings. The number of likely N-dealkylation sites (tertiary alicyclic amines) is 1. The maximum Gasteiger partial charge on any atom is 0.417 e. The van der Waals surface area contributed by atoms with Crippen molar-refractivity contribution in [3.05, 3.63) is 60.2 Å². The Morgan fingerprint density at radius 1 is 1.03 bits per heavy atom. The molecule has 1 aliphatic heterocycles. The van der Waals surface area contributed by atoms with Crippen molar-refractivity contribution in [2.45, 2.75) is 45.3 Å². The molecule has 1 saturated heterocycles. The molecule has 0 N–H and O–H groups in total. The minimum Gasteiger partial charge on any atom is -0.443 e. The second kappa shape index (κ2) is 9.00. The van der Waals surface area contributed by atoms with Crippen molar-refractivity contribution in [2.24, 2.45) is 5.92 Å². The highest BCUT2D eigenvalue weighted by Crippen LogP contribution is 2.30. The van der Waals surface area contributed by atoms with Crippen LogP contribution in [0.5, 0.6) is 0 Å². The van der Waals surface area contributed by atoms with Crippen LogP contribution in [0.2, 0.25) is 0 Å². The maximum absolute atomic E-state index is 13.0. The molecule has 3 rings (SSSR count). The number of carbonyl (C=O) groups is 2. The van der Waals surface area contributed by atoms with Crippen molar-refractivity contribution >= 4 is 12.0 Å². The third kappa shape index (κ3) is 5.48. The van der Waals surface area contributed by atoms with Crippen molar-refractivity contribution in [1.29, 1.82) is 0 Å². The molecular weight excluding hydrogens is 376 g/mol. The number of ether oxygens (including phenoxy) is 1. The smallest absolute Gasteiger partial charge is 0.417 e. The monoisotopic (exact) mass is 408 g/mol. The summed E-state index contributed by atoms with van der Waals surface area (Å²) in [4.78, 5) is 29.2. The highest BCUT2D eigenvalue weighted by molar-refractivity contribution is 5.95. The van der Waals surface area contributed by atoms with Crippen LogP contribution in [0.3, 0.4) is 0 Å². The number of amides is 2. The third-order valence-electron chi connectivity index (χ3n) is 5.22. The van der Waals surface area contributed by atoms with Crippen LogP contribution in [0.15, 0.2) is 54.6 Å². The first-order chi connectivity index (χ1) is 14.1. The zero-order valence-electron chi connectivity index (χ0n) is 18.6. The molecule has 0 radical (unpaired) electrons. The average Bonchev–Trinajstić information content (AvgIpc) is 2.96. The Hall–Kier alpha value is -2.66. The molecular formula is C25H32N2O3. The van der Waals surface area contributed by atoms with E-state index in [1.54, 1.807) is 0 Å². The normalized spacial score (nSPS) is 19.4. The van der Waals surface area contributed by atoms with Crippen LogP contribution in [-0.2, 0) is 16.0 Å². The lowest BCUT2D eigenvalue weighted by molar-refractivity contribution is -0.131. The quantitative estimate of drug-likeness (QED) is 0.725. The van der Waals surface area contributed by atoms with Gasteiger partial charge in [0.25, 0.3) is 0 Å². The van der Waals surface area contributed by atoms with Gasteiger partial charge in [-0.15, -0.1) is 0 Å². The topological polar surface area (TPSA) is 49.9 Å². The Kier molecular flexibility index (Phi) is 6.61. The summed E-state index contributed by atoms with van der Waals surface area (Å²) in [5, 5.41) is 0. The molecule has 1 aliphatic rings. The minimum atomic E-state index is -0.640. The van der Waals surface area contributed by atoms with Gasteiger partial charge in [-0.05, 0) is 64.4 Å². The summed E-state index contributed by atoms with van der Waals surface area (Å²) in [5.41, 5.74) is 2.78. The maximum atomic E-state index is 13.0. The Morgan fingerprint density at radius 2 is 1.63 bits per heavy atom. The van der Waals surface area contributed by atoms with Gasteiger partial charge >= 0.3 is 6.09 Å². The SMILES string of the molecule is CN(C)CC1C[C@@H](Cc2ccc(-c3ccccc3)cc2)N(C(=O)OC(C)(C)C)C1=O. The highest BCUT2D eigenvalue weighted by Gasteiger charge is 2.44. The first kappa shape index (κ1) is 22.0. The van der Waals surface area contributed by atoms with Gasteiger partial charge in [0.2, 0.25) is 5.91 Å². The van der Waals surface area contributed by atoms with Crippen LogP contribution >= 0.6 is 0 Å². The van der Waals surface area contributed by atoms with E-state index in [2.05, 4.69) is 36.4 Å². The summed E-state index contributed by atoms with van der Waals surface area (Å²) in [7, 11) is 3.89. The Balaban J connectivity index is 1.78. The molecule has 30 heavy (non-hydrogen) atoms. The molecule has 1 fully saturated rings. The van der Waals surface area contributed by atoms with Gasteiger partial charge in [0, 0.05) is 12.6 Å². The molecule has 0 spiro atoms. The summed E-state index contributed by atoms with van der Waals surface area (Å²) in [6, 6.07) is 18.4. The predicted octanol–water partition coefficient (Wildman–Crippen LogP) is 4.61. The molecule has 2 aromatic carbocycles. The van der Waals surface area contributed by atoms with E-state index in [0.717, 1.165) is 11.1 Å². The first-order valence-electron chi connectivity index (χ1n) is 10.5. The molecule has 0 aliphatic carbocycles. The second-order valence-electron chi connectivity index (χ2n) is 9.30. The zero-order chi connectivity index (χ0) is 21.9. The summed E-state index contributed by atoms with van der Waals surface area (Å²) in [5.74, 6) is -0.329. The van der Waals surface area contributed by atoms with Gasteiger partial charge in [-0.1, -0.05) is 54.6 Å². The van der Waals surface area contributed by atoms with Gasteiger partial charge in [-0.2, -0.15) is 0 Å². The summed E-state index contributed by atoms with van der Waals surface area (Å²) in [6.07, 6.45) is 0.736. The molecule has 2 amide bonds. The molecule has 2 atom stereocenters. The van der Waals surface area contributed by atoms with Crippen molar-refractivity contribution in [3.8, 4) is 11.1 Å². The lowest BCUT2D eigenvalue weighted by Gasteiger charge is -2.27. The number of benzene rings is 2. The van der Waals surface area contributed by atoms with Crippen LogP contribution < -0.4 is 0 Å². The van der Waals surface area contributed by atoms with Crippen LogP contribution in [0, 0.1) is 5.92 Å². The molecule has 0 bridgehead atoms. The number of hydrogen-bond donors (Lipinski definition) is 0. The fourth-order valence-corrected chi connectivity index (χ4v) is 3.97. The lowest BCUT2D eigenvalue weighted by Crippen LogP contribution is -2.44. The van der Waals surface area contributed by atoms with E-state index < -0.39 is 11.7 Å². The third-order valence-corrected chi connectivity index (χ3v) is 5.22. The number of hydrogen-bond acceptors (Lipinski definition) is 4. The number of carbonyl (C=O) groups excluding carboxylic acids is 2. The molecule has 5 nitrogen and oxygen atoms in total. The molecule has 160 valence electrons. The largest absolute Gasteiger partial charge is 0.443 e. The van der Waals surface area contributed by atoms with E-state index in [0.29, 0.717) is 19.4 Å². The van der Waals surface area contributed by atoms with E-state index in [-0.39, 0.29) is 17.9 Å². The van der Waals surface area contributed by atoms with Gasteiger partial charge in [0.15, 0.2) is 0 Å². The van der Waals surface area contributed by atoms with Crippen LogP contribution in [0.25, 0.3) is 11.1 Å². The van der Waals surface area contributed by atoms with Gasteiger partial charge in [-0.25, -0.2) is 9.69 Å². The van der Waals surface area contributed by atoms with Crippen molar-refractivity contribution in [2.75, 3.05) is 20.6 Å². The van der Waals surface area contributed by atoms with E-state index in [1.807, 2.05) is 58.0 Å². The van der Waals surface area contributed by atoms with E-state index in [4.69, 9.17) is 4.74 Å². The first-order valence-corrected chi connectivity index (χ1v) is 10.5. The average molecular weight is 409 g/mol. The predicted molar refractivity (Wildman–Crippen MR) is 119 cm³/mol. The highest BCUT2D eigenvalue weighted by atomic mass is 16.6. The molecule has 1 unspecified atom stereocenters. The lowest BCUT2D eigenvalue weighted by atomic mass is 9.97. The zero-order valence-corrected chi connectivity index (χ0v) is 18.6. The van der Waals surface area contributed by atoms with E-state index in [9.17, 15) is 9.59 Å². The molecule has 0 saturated carbocycles. The number of rotatable bonds is 5. The standard InChI is InChI=1S/C25H32N2O3/c1-25(2,3)30-24(29)27-22(16-21(23(27)28)17-26(4)5)15-18-11-13-20(14-12-18)19-9-7-6-8-10-19/h6-14,21-22H,15-17H2,1-5H3/t21?,22-/m1/s1. The van der Waals surface area contributed by atoms with Gasteiger partial charge in [0.1, 0.15) is 5.60 Å². The molecule has 0 aromatic heterocycles.